The average Bonchev–Trinajstić information content (AvgIpc) is 3.02. The zero-order valence-corrected chi connectivity index (χ0v) is 12.6. The molecular weight excluding hydrogens is 294 g/mol. The molecule has 1 aromatic heterocycles. The van der Waals surface area contributed by atoms with Gasteiger partial charge in [0.05, 0.1) is 17.8 Å². The van der Waals surface area contributed by atoms with E-state index < -0.39 is 5.60 Å². The van der Waals surface area contributed by atoms with Crippen molar-refractivity contribution in [3.05, 3.63) is 46.7 Å². The Morgan fingerprint density at radius 2 is 2.25 bits per heavy atom. The van der Waals surface area contributed by atoms with Crippen LogP contribution in [0.5, 0.6) is 0 Å². The highest BCUT2D eigenvalue weighted by atomic mass is 35.5. The molecule has 1 N–H and O–H groups in total. The van der Waals surface area contributed by atoms with Gasteiger partial charge < -0.3 is 5.11 Å². The van der Waals surface area contributed by atoms with Crippen molar-refractivity contribution in [2.45, 2.75) is 25.0 Å². The maximum absolute atomic E-state index is 10.4. The smallest absolute Gasteiger partial charge is 0.0856 e. The minimum Gasteiger partial charge on any atom is -0.389 e. The van der Waals surface area contributed by atoms with Crippen LogP contribution in [0.15, 0.2) is 30.5 Å². The third kappa shape index (κ3) is 3.16. The van der Waals surface area contributed by atoms with Gasteiger partial charge in [-0.1, -0.05) is 35.0 Å². The molecule has 1 atom stereocenters. The molecule has 2 aromatic rings. The normalized spacial score (nSPS) is 22.3. The van der Waals surface area contributed by atoms with Gasteiger partial charge in [-0.2, -0.15) is 11.8 Å². The molecule has 20 heavy (non-hydrogen) atoms. The Morgan fingerprint density at radius 1 is 1.40 bits per heavy atom. The Kier molecular flexibility index (Phi) is 4.01. The highest BCUT2D eigenvalue weighted by molar-refractivity contribution is 7.99. The Bertz CT molecular complexity index is 596. The van der Waals surface area contributed by atoms with Gasteiger partial charge in [-0.3, -0.25) is 0 Å². The van der Waals surface area contributed by atoms with Gasteiger partial charge in [0, 0.05) is 23.4 Å². The zero-order valence-electron chi connectivity index (χ0n) is 11.0. The first-order valence-corrected chi connectivity index (χ1v) is 8.10. The van der Waals surface area contributed by atoms with E-state index in [0.717, 1.165) is 34.2 Å². The van der Waals surface area contributed by atoms with Crippen LogP contribution >= 0.6 is 23.4 Å². The molecule has 1 aromatic carbocycles. The van der Waals surface area contributed by atoms with Gasteiger partial charge in [0.15, 0.2) is 0 Å². The predicted octanol–water partition coefficient (Wildman–Crippen LogP) is 2.39. The Labute approximate surface area is 127 Å². The molecule has 6 heteroatoms. The second-order valence-electron chi connectivity index (χ2n) is 5.20. The van der Waals surface area contributed by atoms with Crippen molar-refractivity contribution in [1.29, 1.82) is 0 Å². The molecule has 1 fully saturated rings. The van der Waals surface area contributed by atoms with E-state index in [9.17, 15) is 5.11 Å². The lowest BCUT2D eigenvalue weighted by Crippen LogP contribution is -2.30. The highest BCUT2D eigenvalue weighted by Gasteiger charge is 2.32. The number of nitrogens with zero attached hydrogens (tertiary/aromatic N) is 3. The summed E-state index contributed by atoms with van der Waals surface area (Å²) in [7, 11) is 0. The van der Waals surface area contributed by atoms with Gasteiger partial charge in [-0.25, -0.2) is 4.68 Å². The molecule has 3 rings (SSSR count). The zero-order chi connectivity index (χ0) is 14.0. The van der Waals surface area contributed by atoms with Crippen molar-refractivity contribution in [1.82, 2.24) is 15.0 Å². The first kappa shape index (κ1) is 13.9. The number of aromatic nitrogens is 3. The summed E-state index contributed by atoms with van der Waals surface area (Å²) < 4.78 is 1.77. The van der Waals surface area contributed by atoms with Crippen LogP contribution in [0.25, 0.3) is 0 Å². The standard InChI is InChI=1S/C14H16ClN3OS/c15-13-4-2-1-3-11(13)8-18-9-12(16-17-18)7-14(19)5-6-20-10-14/h1-4,9,19H,5-8,10H2. The third-order valence-electron chi connectivity index (χ3n) is 3.47. The molecule has 1 saturated heterocycles. The first-order valence-electron chi connectivity index (χ1n) is 6.57. The number of hydrogen-bond acceptors (Lipinski definition) is 4. The highest BCUT2D eigenvalue weighted by Crippen LogP contribution is 2.30. The lowest BCUT2D eigenvalue weighted by atomic mass is 9.98. The van der Waals surface area contributed by atoms with E-state index >= 15 is 0 Å². The van der Waals surface area contributed by atoms with Gasteiger partial charge in [-0.05, 0) is 23.8 Å². The number of thioether (sulfide) groups is 1. The third-order valence-corrected chi connectivity index (χ3v) is 5.07. The Balaban J connectivity index is 1.69. The fourth-order valence-corrected chi connectivity index (χ4v) is 3.86. The number of rotatable bonds is 4. The fourth-order valence-electron chi connectivity index (χ4n) is 2.37. The van der Waals surface area contributed by atoms with E-state index in [1.807, 2.05) is 30.5 Å². The van der Waals surface area contributed by atoms with Crippen LogP contribution in [0.2, 0.25) is 5.02 Å². The predicted molar refractivity (Wildman–Crippen MR) is 81.2 cm³/mol. The molecule has 2 heterocycles. The summed E-state index contributed by atoms with van der Waals surface area (Å²) >= 11 is 7.93. The van der Waals surface area contributed by atoms with E-state index in [0.29, 0.717) is 13.0 Å². The van der Waals surface area contributed by atoms with Crippen LogP contribution in [0.1, 0.15) is 17.7 Å². The molecule has 1 unspecified atom stereocenters. The van der Waals surface area contributed by atoms with Crippen LogP contribution < -0.4 is 0 Å². The molecule has 1 aliphatic rings. The summed E-state index contributed by atoms with van der Waals surface area (Å²) in [6.07, 6.45) is 3.29. The minimum absolute atomic E-state index is 0.572. The fraction of sp³-hybridized carbons (Fsp3) is 0.429. The van der Waals surface area contributed by atoms with Crippen molar-refractivity contribution in [3.8, 4) is 0 Å². The first-order chi connectivity index (χ1) is 9.65. The molecule has 0 saturated carbocycles. The molecule has 106 valence electrons. The van der Waals surface area contributed by atoms with Crippen LogP contribution in [0.4, 0.5) is 0 Å². The van der Waals surface area contributed by atoms with Gasteiger partial charge in [0.25, 0.3) is 0 Å². The van der Waals surface area contributed by atoms with Crippen LogP contribution in [-0.2, 0) is 13.0 Å². The van der Waals surface area contributed by atoms with E-state index in [2.05, 4.69) is 10.3 Å². The SMILES string of the molecule is OC1(Cc2cn(Cc3ccccc3Cl)nn2)CCSC1. The van der Waals surface area contributed by atoms with Gasteiger partial charge in [0.1, 0.15) is 0 Å². The maximum Gasteiger partial charge on any atom is 0.0856 e. The van der Waals surface area contributed by atoms with Crippen LogP contribution in [0.3, 0.4) is 0 Å². The number of halogens is 1. The quantitative estimate of drug-likeness (QED) is 0.942. The molecule has 0 amide bonds. The van der Waals surface area contributed by atoms with Gasteiger partial charge in [-0.15, -0.1) is 5.10 Å². The Hall–Kier alpha value is -1.04. The molecule has 4 nitrogen and oxygen atoms in total. The van der Waals surface area contributed by atoms with Crippen molar-refractivity contribution < 1.29 is 5.11 Å². The van der Waals surface area contributed by atoms with Gasteiger partial charge >= 0.3 is 0 Å². The van der Waals surface area contributed by atoms with E-state index in [1.54, 1.807) is 16.4 Å². The summed E-state index contributed by atoms with van der Waals surface area (Å²) in [5.41, 5.74) is 1.23. The second kappa shape index (κ2) is 5.76. The summed E-state index contributed by atoms with van der Waals surface area (Å²) in [6.45, 7) is 0.597. The van der Waals surface area contributed by atoms with Crippen molar-refractivity contribution in [2.24, 2.45) is 0 Å². The molecule has 1 aliphatic heterocycles. The number of hydrogen-bond donors (Lipinski definition) is 1. The summed E-state index contributed by atoms with van der Waals surface area (Å²) in [6, 6.07) is 7.71. The largest absolute Gasteiger partial charge is 0.389 e. The van der Waals surface area contributed by atoms with Crippen molar-refractivity contribution >= 4 is 23.4 Å². The molecule has 0 spiro atoms. The van der Waals surface area contributed by atoms with Gasteiger partial charge in [0.2, 0.25) is 0 Å². The van der Waals surface area contributed by atoms with E-state index in [4.69, 9.17) is 11.6 Å². The van der Waals surface area contributed by atoms with Crippen molar-refractivity contribution in [2.75, 3.05) is 11.5 Å². The Morgan fingerprint density at radius 3 is 3.00 bits per heavy atom. The summed E-state index contributed by atoms with van der Waals surface area (Å²) in [4.78, 5) is 0. The van der Waals surface area contributed by atoms with E-state index in [1.165, 1.54) is 0 Å². The van der Waals surface area contributed by atoms with E-state index in [-0.39, 0.29) is 0 Å². The topological polar surface area (TPSA) is 50.9 Å². The minimum atomic E-state index is -0.615. The van der Waals surface area contributed by atoms with Crippen LogP contribution in [-0.4, -0.2) is 37.2 Å². The lowest BCUT2D eigenvalue weighted by Gasteiger charge is -2.18. The maximum atomic E-state index is 10.4. The number of aliphatic hydroxyl groups is 1. The van der Waals surface area contributed by atoms with Crippen molar-refractivity contribution in [3.63, 3.8) is 0 Å². The lowest BCUT2D eigenvalue weighted by molar-refractivity contribution is 0.0676. The molecule has 0 aliphatic carbocycles. The molecular formula is C14H16ClN3OS. The summed E-state index contributed by atoms with van der Waals surface area (Å²) in [5, 5.41) is 19.4. The summed E-state index contributed by atoms with van der Waals surface area (Å²) in [5.74, 6) is 1.80. The molecule has 0 radical (unpaired) electrons. The number of benzene rings is 1. The second-order valence-corrected chi connectivity index (χ2v) is 6.71. The van der Waals surface area contributed by atoms with Crippen LogP contribution in [0, 0.1) is 0 Å². The monoisotopic (exact) mass is 309 g/mol. The molecule has 0 bridgehead atoms. The average molecular weight is 310 g/mol.